The number of hydrogen-bond acceptors (Lipinski definition) is 9. The second-order valence-electron chi connectivity index (χ2n) is 6.69. The van der Waals surface area contributed by atoms with E-state index >= 15 is 0 Å². The fourth-order valence-electron chi connectivity index (χ4n) is 2.11. The Hall–Kier alpha value is -3.37. The molecule has 0 spiro atoms. The van der Waals surface area contributed by atoms with Crippen molar-refractivity contribution in [2.45, 2.75) is 34.1 Å². The smallest absolute Gasteiger partial charge is 0.293 e. The topological polar surface area (TPSA) is 163 Å². The Morgan fingerprint density at radius 2 is 2.00 bits per heavy atom. The number of non-ortho nitro benzene ring substituents is 1. The zero-order valence-corrected chi connectivity index (χ0v) is 19.5. The summed E-state index contributed by atoms with van der Waals surface area (Å²) in [7, 11) is 0. The van der Waals surface area contributed by atoms with Gasteiger partial charge in [0.15, 0.2) is 0 Å². The van der Waals surface area contributed by atoms with E-state index in [0.29, 0.717) is 29.4 Å². The standard InChI is InChI=1S/C14H25N5O2.C7H6ClNO2/c1-4-5-11(2)18-6-13(12(3)15)7-19(17)8-14(16)9-21-10-20;1-5-2-3-6(9(10)11)4-7(5)8/h5-6,8,10H,4,7,9,15-17H2,1-3H3;2-4H,1H3/b11-5+,13-12-,14-8-,18-6+;. The Morgan fingerprint density at radius 1 is 1.34 bits per heavy atom. The summed E-state index contributed by atoms with van der Waals surface area (Å²) < 4.78 is 4.53. The number of nitrogens with zero attached hydrogens (tertiary/aromatic N) is 3. The summed E-state index contributed by atoms with van der Waals surface area (Å²) in [6, 6.07) is 4.40. The van der Waals surface area contributed by atoms with Crippen molar-refractivity contribution in [1.29, 1.82) is 0 Å². The van der Waals surface area contributed by atoms with Crippen molar-refractivity contribution >= 4 is 30.0 Å². The number of carbonyl (C=O) groups is 1. The highest BCUT2D eigenvalue weighted by Crippen LogP contribution is 2.21. The minimum absolute atomic E-state index is 0.00963. The Balaban J connectivity index is 0.000000726. The first-order chi connectivity index (χ1) is 15.0. The Bertz CT molecular complexity index is 892. The average Bonchev–Trinajstić information content (AvgIpc) is 2.71. The van der Waals surface area contributed by atoms with E-state index in [0.717, 1.165) is 23.3 Å². The number of hydrazine groups is 1. The number of aryl methyl sites for hydroxylation is 1. The highest BCUT2D eigenvalue weighted by atomic mass is 35.5. The number of allylic oxidation sites excluding steroid dienone is 3. The van der Waals surface area contributed by atoms with E-state index in [-0.39, 0.29) is 12.3 Å². The number of hydrogen-bond donors (Lipinski definition) is 3. The van der Waals surface area contributed by atoms with E-state index in [1.807, 2.05) is 19.9 Å². The molecule has 10 nitrogen and oxygen atoms in total. The molecular weight excluding hydrogens is 436 g/mol. The molecule has 0 radical (unpaired) electrons. The predicted molar refractivity (Wildman–Crippen MR) is 127 cm³/mol. The van der Waals surface area contributed by atoms with Crippen molar-refractivity contribution in [3.8, 4) is 0 Å². The number of rotatable bonds is 10. The minimum atomic E-state index is -0.467. The van der Waals surface area contributed by atoms with Crippen LogP contribution in [0.1, 0.15) is 32.8 Å². The molecule has 1 aromatic carbocycles. The van der Waals surface area contributed by atoms with Crippen LogP contribution in [-0.2, 0) is 9.53 Å². The van der Waals surface area contributed by atoms with Gasteiger partial charge in [0.05, 0.1) is 22.2 Å². The number of nitro groups is 1. The van der Waals surface area contributed by atoms with Gasteiger partial charge in [-0.1, -0.05) is 30.7 Å². The molecule has 0 saturated carbocycles. The van der Waals surface area contributed by atoms with Gasteiger partial charge in [0, 0.05) is 41.5 Å². The second-order valence-corrected chi connectivity index (χ2v) is 7.10. The second kappa shape index (κ2) is 15.4. The highest BCUT2D eigenvalue weighted by Gasteiger charge is 2.06. The number of ether oxygens (including phenoxy) is 1. The lowest BCUT2D eigenvalue weighted by Gasteiger charge is -2.16. The zero-order valence-electron chi connectivity index (χ0n) is 18.7. The molecule has 1 rings (SSSR count). The molecule has 0 atom stereocenters. The maximum atomic E-state index is 10.2. The van der Waals surface area contributed by atoms with Gasteiger partial charge in [-0.05, 0) is 32.8 Å². The average molecular weight is 467 g/mol. The number of carbonyl (C=O) groups excluding carboxylic acids is 1. The summed E-state index contributed by atoms with van der Waals surface area (Å²) in [5.74, 6) is 5.82. The first kappa shape index (κ1) is 28.6. The molecule has 0 amide bonds. The summed E-state index contributed by atoms with van der Waals surface area (Å²) in [6.45, 7) is 8.19. The fourth-order valence-corrected chi connectivity index (χ4v) is 2.29. The quantitative estimate of drug-likeness (QED) is 0.155. The van der Waals surface area contributed by atoms with Gasteiger partial charge in [-0.15, -0.1) is 0 Å². The first-order valence-electron chi connectivity index (χ1n) is 9.61. The van der Waals surface area contributed by atoms with Crippen molar-refractivity contribution < 1.29 is 14.5 Å². The van der Waals surface area contributed by atoms with Crippen LogP contribution in [0.4, 0.5) is 5.69 Å². The van der Waals surface area contributed by atoms with Crippen LogP contribution in [0.3, 0.4) is 0 Å². The molecule has 0 heterocycles. The molecule has 0 bridgehead atoms. The highest BCUT2D eigenvalue weighted by molar-refractivity contribution is 6.31. The van der Waals surface area contributed by atoms with Gasteiger partial charge in [0.1, 0.15) is 6.61 Å². The lowest BCUT2D eigenvalue weighted by atomic mass is 10.2. The zero-order chi connectivity index (χ0) is 24.7. The lowest BCUT2D eigenvalue weighted by molar-refractivity contribution is -0.384. The predicted octanol–water partition coefficient (Wildman–Crippen LogP) is 3.31. The summed E-state index contributed by atoms with van der Waals surface area (Å²) >= 11 is 5.65. The molecule has 0 aliphatic heterocycles. The van der Waals surface area contributed by atoms with Crippen LogP contribution in [0.5, 0.6) is 0 Å². The summed E-state index contributed by atoms with van der Waals surface area (Å²) in [6.07, 6.45) is 6.09. The molecule has 32 heavy (non-hydrogen) atoms. The van der Waals surface area contributed by atoms with Gasteiger partial charge in [-0.3, -0.25) is 19.9 Å². The Morgan fingerprint density at radius 3 is 2.50 bits per heavy atom. The van der Waals surface area contributed by atoms with Crippen molar-refractivity contribution in [3.05, 3.63) is 73.8 Å². The normalized spacial score (nSPS) is 12.6. The van der Waals surface area contributed by atoms with Crippen molar-refractivity contribution in [2.24, 2.45) is 22.3 Å². The molecule has 1 aromatic rings. The molecule has 0 aliphatic rings. The number of aliphatic imine (C=N–C) groups is 1. The number of nitrogens with two attached hydrogens (primary N) is 3. The maximum absolute atomic E-state index is 10.2. The van der Waals surface area contributed by atoms with Gasteiger partial charge in [-0.25, -0.2) is 5.84 Å². The summed E-state index contributed by atoms with van der Waals surface area (Å²) in [5, 5.41) is 12.0. The van der Waals surface area contributed by atoms with Gasteiger partial charge in [0.25, 0.3) is 12.2 Å². The number of nitro benzene ring substituents is 1. The van der Waals surface area contributed by atoms with Gasteiger partial charge in [0.2, 0.25) is 0 Å². The molecule has 0 unspecified atom stereocenters. The van der Waals surface area contributed by atoms with E-state index in [9.17, 15) is 14.9 Å². The SMILES string of the molecule is CC/C=C(C)/N=C/C(CN(N)/C=C(\N)COC=O)=C(\C)N.Cc1ccc([N+](=O)[O-])cc1Cl. The summed E-state index contributed by atoms with van der Waals surface area (Å²) in [4.78, 5) is 24.1. The Kier molecular flexibility index (Phi) is 13.8. The molecule has 0 fully saturated rings. The van der Waals surface area contributed by atoms with Crippen LogP contribution in [0.2, 0.25) is 5.02 Å². The van der Waals surface area contributed by atoms with Crippen molar-refractivity contribution in [1.82, 2.24) is 5.01 Å². The maximum Gasteiger partial charge on any atom is 0.293 e. The molecule has 6 N–H and O–H groups in total. The third kappa shape index (κ3) is 12.4. The number of benzene rings is 1. The first-order valence-corrected chi connectivity index (χ1v) is 9.98. The molecule has 0 aromatic heterocycles. The third-order valence-electron chi connectivity index (χ3n) is 3.80. The van der Waals surface area contributed by atoms with Crippen molar-refractivity contribution in [3.63, 3.8) is 0 Å². The van der Waals surface area contributed by atoms with Crippen molar-refractivity contribution in [2.75, 3.05) is 13.2 Å². The van der Waals surface area contributed by atoms with E-state index in [4.69, 9.17) is 28.9 Å². The van der Waals surface area contributed by atoms with Crippen LogP contribution in [-0.4, -0.2) is 35.8 Å². The fraction of sp³-hybridized carbons (Fsp3) is 0.333. The van der Waals surface area contributed by atoms with Crippen LogP contribution >= 0.6 is 11.6 Å². The third-order valence-corrected chi connectivity index (χ3v) is 4.21. The van der Waals surface area contributed by atoms with Gasteiger partial charge < -0.3 is 21.2 Å². The monoisotopic (exact) mass is 466 g/mol. The lowest BCUT2D eigenvalue weighted by Crippen LogP contribution is -2.30. The van der Waals surface area contributed by atoms with E-state index < -0.39 is 4.92 Å². The molecular formula is C21H31ClN6O4. The Labute approximate surface area is 193 Å². The van der Waals surface area contributed by atoms with Crippen LogP contribution in [0, 0.1) is 17.0 Å². The molecule has 0 saturated heterocycles. The molecule has 176 valence electrons. The van der Waals surface area contributed by atoms with Crippen LogP contribution < -0.4 is 17.3 Å². The minimum Gasteiger partial charge on any atom is -0.461 e. The van der Waals surface area contributed by atoms with Gasteiger partial charge in [-0.2, -0.15) is 0 Å². The largest absolute Gasteiger partial charge is 0.461 e. The van der Waals surface area contributed by atoms with Gasteiger partial charge >= 0.3 is 0 Å². The molecule has 11 heteroatoms. The summed E-state index contributed by atoms with van der Waals surface area (Å²) in [5.41, 5.74) is 15.0. The van der Waals surface area contributed by atoms with E-state index in [1.54, 1.807) is 26.1 Å². The molecule has 0 aliphatic carbocycles. The number of halogens is 1. The van der Waals surface area contributed by atoms with E-state index in [1.165, 1.54) is 23.3 Å². The van der Waals surface area contributed by atoms with Crippen LogP contribution in [0.25, 0.3) is 0 Å². The van der Waals surface area contributed by atoms with Crippen LogP contribution in [0.15, 0.2) is 58.1 Å². The van der Waals surface area contributed by atoms with E-state index in [2.05, 4.69) is 9.73 Å².